The van der Waals surface area contributed by atoms with Crippen LogP contribution in [0.4, 0.5) is 0 Å². The fourth-order valence-electron chi connectivity index (χ4n) is 2.02. The highest BCUT2D eigenvalue weighted by Gasteiger charge is 2.16. The van der Waals surface area contributed by atoms with Crippen LogP contribution in [0.1, 0.15) is 15.9 Å². The lowest BCUT2D eigenvalue weighted by atomic mass is 10.1. The number of halogens is 2. The quantitative estimate of drug-likeness (QED) is 0.876. The molecule has 0 saturated heterocycles. The molecule has 0 heterocycles. The highest BCUT2D eigenvalue weighted by Crippen LogP contribution is 2.24. The summed E-state index contributed by atoms with van der Waals surface area (Å²) in [5.74, 6) is -0.0540. The number of rotatable bonds is 5. The molecule has 0 aliphatic heterocycles. The Bertz CT molecular complexity index is 619. The molecule has 0 radical (unpaired) electrons. The summed E-state index contributed by atoms with van der Waals surface area (Å²) in [4.78, 5) is 14.4. The molecule has 0 fully saturated rings. The van der Waals surface area contributed by atoms with E-state index in [1.807, 2.05) is 30.3 Å². The first-order chi connectivity index (χ1) is 10.1. The van der Waals surface area contributed by atoms with Crippen LogP contribution < -0.4 is 5.73 Å². The van der Waals surface area contributed by atoms with Crippen LogP contribution in [0.15, 0.2) is 53.0 Å². The Morgan fingerprint density at radius 1 is 1.19 bits per heavy atom. The molecule has 0 aromatic heterocycles. The van der Waals surface area contributed by atoms with E-state index < -0.39 is 0 Å². The van der Waals surface area contributed by atoms with E-state index in [9.17, 15) is 4.79 Å². The second-order valence-corrected chi connectivity index (χ2v) is 5.89. The van der Waals surface area contributed by atoms with Gasteiger partial charge in [-0.3, -0.25) is 4.79 Å². The number of hydrogen-bond acceptors (Lipinski definition) is 2. The summed E-state index contributed by atoms with van der Waals surface area (Å²) in [5.41, 5.74) is 7.30. The van der Waals surface area contributed by atoms with Gasteiger partial charge in [0, 0.05) is 29.7 Å². The summed E-state index contributed by atoms with van der Waals surface area (Å²) >= 11 is 9.31. The molecule has 0 saturated carbocycles. The van der Waals surface area contributed by atoms with E-state index in [0.29, 0.717) is 34.7 Å². The summed E-state index contributed by atoms with van der Waals surface area (Å²) in [6, 6.07) is 15.0. The minimum absolute atomic E-state index is 0.0540. The van der Waals surface area contributed by atoms with Gasteiger partial charge in [-0.2, -0.15) is 0 Å². The Morgan fingerprint density at radius 2 is 1.90 bits per heavy atom. The van der Waals surface area contributed by atoms with Crippen molar-refractivity contribution in [2.75, 3.05) is 13.1 Å². The first-order valence-electron chi connectivity index (χ1n) is 6.60. The average Bonchev–Trinajstić information content (AvgIpc) is 2.50. The summed E-state index contributed by atoms with van der Waals surface area (Å²) in [6.45, 7) is 1.47. The maximum Gasteiger partial charge on any atom is 0.254 e. The molecule has 3 nitrogen and oxygen atoms in total. The lowest BCUT2D eigenvalue weighted by Gasteiger charge is -2.22. The molecule has 2 aromatic rings. The lowest BCUT2D eigenvalue weighted by molar-refractivity contribution is 0.0748. The topological polar surface area (TPSA) is 46.3 Å². The molecule has 0 unspecified atom stereocenters. The van der Waals surface area contributed by atoms with Gasteiger partial charge in [-0.15, -0.1) is 0 Å². The van der Waals surface area contributed by atoms with Gasteiger partial charge in [0.05, 0.1) is 5.02 Å². The van der Waals surface area contributed by atoms with E-state index in [1.54, 1.807) is 23.1 Å². The number of hydrogen-bond donors (Lipinski definition) is 1. The van der Waals surface area contributed by atoms with E-state index >= 15 is 0 Å². The number of amides is 1. The van der Waals surface area contributed by atoms with Crippen LogP contribution in [-0.2, 0) is 6.54 Å². The fourth-order valence-corrected chi connectivity index (χ4v) is 2.52. The van der Waals surface area contributed by atoms with Crippen LogP contribution in [0.5, 0.6) is 0 Å². The molecule has 0 atom stereocenters. The third-order valence-corrected chi connectivity index (χ3v) is 4.28. The molecule has 0 aliphatic carbocycles. The second kappa shape index (κ2) is 7.59. The molecule has 110 valence electrons. The minimum atomic E-state index is -0.0540. The molecule has 2 N–H and O–H groups in total. The van der Waals surface area contributed by atoms with Crippen molar-refractivity contribution in [2.45, 2.75) is 6.54 Å². The predicted molar refractivity (Wildman–Crippen MR) is 89.4 cm³/mol. The highest BCUT2D eigenvalue weighted by molar-refractivity contribution is 9.10. The van der Waals surface area contributed by atoms with Gasteiger partial charge in [-0.25, -0.2) is 0 Å². The van der Waals surface area contributed by atoms with Gasteiger partial charge in [0.2, 0.25) is 0 Å². The zero-order valence-electron chi connectivity index (χ0n) is 11.4. The average molecular weight is 368 g/mol. The smallest absolute Gasteiger partial charge is 0.254 e. The molecule has 0 aliphatic rings. The molecular weight excluding hydrogens is 352 g/mol. The molecule has 2 rings (SSSR count). The van der Waals surface area contributed by atoms with E-state index in [-0.39, 0.29) is 5.91 Å². The molecule has 1 amide bonds. The van der Waals surface area contributed by atoms with Crippen LogP contribution in [-0.4, -0.2) is 23.9 Å². The minimum Gasteiger partial charge on any atom is -0.333 e. The Labute approximate surface area is 137 Å². The van der Waals surface area contributed by atoms with Gasteiger partial charge < -0.3 is 10.6 Å². The second-order valence-electron chi connectivity index (χ2n) is 4.63. The molecule has 2 aromatic carbocycles. The van der Waals surface area contributed by atoms with Crippen molar-refractivity contribution >= 4 is 33.4 Å². The summed E-state index contributed by atoms with van der Waals surface area (Å²) in [5, 5.41) is 0.583. The normalized spacial score (nSPS) is 10.4. The van der Waals surface area contributed by atoms with Crippen molar-refractivity contribution in [3.05, 3.63) is 69.2 Å². The first-order valence-corrected chi connectivity index (χ1v) is 7.77. The van der Waals surface area contributed by atoms with Crippen molar-refractivity contribution < 1.29 is 4.79 Å². The Kier molecular flexibility index (Phi) is 5.79. The Morgan fingerprint density at radius 3 is 2.52 bits per heavy atom. The number of nitrogens with two attached hydrogens (primary N) is 1. The fraction of sp³-hybridized carbons (Fsp3) is 0.188. The number of nitrogens with zero attached hydrogens (tertiary/aromatic N) is 1. The molecule has 0 bridgehead atoms. The van der Waals surface area contributed by atoms with Crippen molar-refractivity contribution in [1.82, 2.24) is 4.90 Å². The zero-order chi connectivity index (χ0) is 15.2. The van der Waals surface area contributed by atoms with Crippen LogP contribution in [0, 0.1) is 0 Å². The number of carbonyl (C=O) groups excluding carboxylic acids is 1. The number of carbonyl (C=O) groups is 1. The number of benzene rings is 2. The monoisotopic (exact) mass is 366 g/mol. The van der Waals surface area contributed by atoms with Crippen molar-refractivity contribution in [1.29, 1.82) is 0 Å². The zero-order valence-corrected chi connectivity index (χ0v) is 13.8. The van der Waals surface area contributed by atoms with Crippen LogP contribution >= 0.6 is 27.5 Å². The van der Waals surface area contributed by atoms with Crippen molar-refractivity contribution in [2.24, 2.45) is 5.73 Å². The molecule has 21 heavy (non-hydrogen) atoms. The van der Waals surface area contributed by atoms with E-state index in [4.69, 9.17) is 17.3 Å². The highest BCUT2D eigenvalue weighted by atomic mass is 79.9. The largest absolute Gasteiger partial charge is 0.333 e. The van der Waals surface area contributed by atoms with Gasteiger partial charge in [0.25, 0.3) is 5.91 Å². The SMILES string of the molecule is NCCN(Cc1ccccc1)C(=O)c1ccc(Cl)c(Br)c1. The summed E-state index contributed by atoms with van der Waals surface area (Å²) in [7, 11) is 0. The third-order valence-electron chi connectivity index (χ3n) is 3.07. The first kappa shape index (κ1) is 16.0. The summed E-state index contributed by atoms with van der Waals surface area (Å²) < 4.78 is 0.711. The van der Waals surface area contributed by atoms with E-state index in [0.717, 1.165) is 5.56 Å². The maximum atomic E-state index is 12.6. The molecular formula is C16H16BrClN2O. The van der Waals surface area contributed by atoms with E-state index in [1.165, 1.54) is 0 Å². The van der Waals surface area contributed by atoms with Crippen molar-refractivity contribution in [3.63, 3.8) is 0 Å². The maximum absolute atomic E-state index is 12.6. The van der Waals surface area contributed by atoms with Gasteiger partial charge in [0.15, 0.2) is 0 Å². The van der Waals surface area contributed by atoms with Crippen molar-refractivity contribution in [3.8, 4) is 0 Å². The van der Waals surface area contributed by atoms with Gasteiger partial charge >= 0.3 is 0 Å². The Hall–Kier alpha value is -1.36. The van der Waals surface area contributed by atoms with Crippen LogP contribution in [0.2, 0.25) is 5.02 Å². The van der Waals surface area contributed by atoms with Gasteiger partial charge in [-0.1, -0.05) is 41.9 Å². The van der Waals surface area contributed by atoms with E-state index in [2.05, 4.69) is 15.9 Å². The lowest BCUT2D eigenvalue weighted by Crippen LogP contribution is -2.34. The van der Waals surface area contributed by atoms with Gasteiger partial charge in [-0.05, 0) is 39.7 Å². The predicted octanol–water partition coefficient (Wildman–Crippen LogP) is 3.70. The van der Waals surface area contributed by atoms with Gasteiger partial charge in [0.1, 0.15) is 0 Å². The summed E-state index contributed by atoms with van der Waals surface area (Å²) in [6.07, 6.45) is 0. The van der Waals surface area contributed by atoms with Crippen LogP contribution in [0.3, 0.4) is 0 Å². The molecule has 5 heteroatoms. The Balaban J connectivity index is 2.20. The van der Waals surface area contributed by atoms with Crippen LogP contribution in [0.25, 0.3) is 0 Å². The molecule has 0 spiro atoms. The standard InChI is InChI=1S/C16H16BrClN2O/c17-14-10-13(6-7-15(14)18)16(21)20(9-8-19)11-12-4-2-1-3-5-12/h1-7,10H,8-9,11,19H2. The third kappa shape index (κ3) is 4.30.